The van der Waals surface area contributed by atoms with Gasteiger partial charge in [0, 0.05) is 0 Å². The van der Waals surface area contributed by atoms with Gasteiger partial charge in [0.1, 0.15) is 0 Å². The van der Waals surface area contributed by atoms with Gasteiger partial charge in [-0.15, -0.1) is 0 Å². The van der Waals surface area contributed by atoms with E-state index in [4.69, 9.17) is 0 Å². The van der Waals surface area contributed by atoms with E-state index in [0.29, 0.717) is 0 Å². The number of rotatable bonds is 0. The van der Waals surface area contributed by atoms with Crippen LogP contribution in [0, 0.1) is 0 Å². The Kier molecular flexibility index (Phi) is 1.73. The van der Waals surface area contributed by atoms with E-state index in [1.165, 1.54) is 0 Å². The van der Waals surface area contributed by atoms with E-state index in [1.807, 2.05) is 0 Å². The van der Waals surface area contributed by atoms with Gasteiger partial charge < -0.3 is 0 Å². The molecule has 6 heteroatoms. The predicted octanol–water partition coefficient (Wildman–Crippen LogP) is 2.98. The second-order valence-electron chi connectivity index (χ2n) is 2.21. The molecule has 0 aromatic carbocycles. The van der Waals surface area contributed by atoms with E-state index in [2.05, 4.69) is 0 Å². The Morgan fingerprint density at radius 1 is 0.750 bits per heavy atom. The zero-order valence-electron chi connectivity index (χ0n) is 5.42. The second kappa shape index (κ2) is 2.27. The topological polar surface area (TPSA) is 0 Å². The lowest BCUT2D eigenvalue weighted by molar-refractivity contribution is 0.0144. The Morgan fingerprint density at radius 3 is 1.25 bits per heavy atom. The van der Waals surface area contributed by atoms with Gasteiger partial charge in [0.25, 0.3) is 0 Å². The summed E-state index contributed by atoms with van der Waals surface area (Å²) in [6.45, 7) is 0. The highest BCUT2D eigenvalue weighted by atomic mass is 19.3. The van der Waals surface area contributed by atoms with Gasteiger partial charge in [0.05, 0.1) is 0 Å². The van der Waals surface area contributed by atoms with Crippen LogP contribution in [0.5, 0.6) is 0 Å². The molecule has 0 nitrogen and oxygen atoms in total. The molecule has 0 fully saturated rings. The van der Waals surface area contributed by atoms with Crippen LogP contribution >= 0.6 is 0 Å². The minimum absolute atomic E-state index is 0.370. The largest absolute Gasteiger partial charge is 0.320 e. The van der Waals surface area contributed by atoms with Crippen molar-refractivity contribution >= 4 is 0 Å². The molecule has 0 saturated carbocycles. The SMILES string of the molecule is FC1=C(F)C(F)(F)C=CC1(F)F. The van der Waals surface area contributed by atoms with Crippen molar-refractivity contribution in [2.75, 3.05) is 0 Å². The summed E-state index contributed by atoms with van der Waals surface area (Å²) in [7, 11) is 0. The summed E-state index contributed by atoms with van der Waals surface area (Å²) in [5.74, 6) is -14.0. The second-order valence-corrected chi connectivity index (χ2v) is 2.21. The third-order valence-corrected chi connectivity index (χ3v) is 1.28. The van der Waals surface area contributed by atoms with Crippen LogP contribution in [0.2, 0.25) is 0 Å². The number of alkyl halides is 4. The maximum absolute atomic E-state index is 12.1. The molecule has 0 aromatic heterocycles. The highest BCUT2D eigenvalue weighted by Gasteiger charge is 2.48. The fraction of sp³-hybridized carbons (Fsp3) is 0.333. The molecule has 0 bridgehead atoms. The molecule has 0 amide bonds. The van der Waals surface area contributed by atoms with Gasteiger partial charge in [-0.3, -0.25) is 0 Å². The Balaban J connectivity index is 3.18. The van der Waals surface area contributed by atoms with Crippen LogP contribution in [-0.4, -0.2) is 11.8 Å². The molecule has 12 heavy (non-hydrogen) atoms. The summed E-state index contributed by atoms with van der Waals surface area (Å²) >= 11 is 0. The van der Waals surface area contributed by atoms with Crippen LogP contribution in [0.3, 0.4) is 0 Å². The molecule has 1 rings (SSSR count). The fourth-order valence-electron chi connectivity index (χ4n) is 0.648. The molecule has 0 spiro atoms. The van der Waals surface area contributed by atoms with E-state index in [0.717, 1.165) is 0 Å². The molecule has 1 aliphatic carbocycles. The monoisotopic (exact) mass is 188 g/mol. The summed E-state index contributed by atoms with van der Waals surface area (Å²) in [6, 6.07) is 0. The number of allylic oxidation sites excluding steroid dienone is 4. The third kappa shape index (κ3) is 1.21. The fourth-order valence-corrected chi connectivity index (χ4v) is 0.648. The van der Waals surface area contributed by atoms with E-state index >= 15 is 0 Å². The van der Waals surface area contributed by atoms with E-state index < -0.39 is 23.5 Å². The van der Waals surface area contributed by atoms with Crippen molar-refractivity contribution < 1.29 is 26.3 Å². The van der Waals surface area contributed by atoms with Crippen molar-refractivity contribution in [1.29, 1.82) is 0 Å². The summed E-state index contributed by atoms with van der Waals surface area (Å²) in [4.78, 5) is 0. The maximum atomic E-state index is 12.1. The Labute approximate surface area is 63.2 Å². The van der Waals surface area contributed by atoms with E-state index in [9.17, 15) is 26.3 Å². The normalized spacial score (nSPS) is 26.2. The highest BCUT2D eigenvalue weighted by Crippen LogP contribution is 2.42. The molecular weight excluding hydrogens is 186 g/mol. The lowest BCUT2D eigenvalue weighted by Crippen LogP contribution is -2.27. The predicted molar refractivity (Wildman–Crippen MR) is 28.3 cm³/mol. The number of hydrogen-bond acceptors (Lipinski definition) is 0. The third-order valence-electron chi connectivity index (χ3n) is 1.28. The Hall–Kier alpha value is -0.940. The summed E-state index contributed by atoms with van der Waals surface area (Å²) in [6.07, 6.45) is -0.739. The van der Waals surface area contributed by atoms with Crippen LogP contribution in [0.25, 0.3) is 0 Å². The van der Waals surface area contributed by atoms with Gasteiger partial charge in [-0.1, -0.05) is 0 Å². The first-order valence-corrected chi connectivity index (χ1v) is 2.79. The van der Waals surface area contributed by atoms with Crippen molar-refractivity contribution in [3.8, 4) is 0 Å². The smallest absolute Gasteiger partial charge is 0.202 e. The zero-order chi connectivity index (χ0) is 9.57. The lowest BCUT2D eigenvalue weighted by atomic mass is 10.1. The molecule has 1 aliphatic rings. The molecule has 0 aliphatic heterocycles. The van der Waals surface area contributed by atoms with Crippen LogP contribution in [0.15, 0.2) is 23.8 Å². The highest BCUT2D eigenvalue weighted by molar-refractivity contribution is 5.31. The zero-order valence-corrected chi connectivity index (χ0v) is 5.42. The summed E-state index contributed by atoms with van der Waals surface area (Å²) < 4.78 is 72.5. The number of halogens is 6. The molecule has 0 radical (unpaired) electrons. The molecule has 0 unspecified atom stereocenters. The molecule has 0 aromatic rings. The van der Waals surface area contributed by atoms with Crippen molar-refractivity contribution in [2.45, 2.75) is 11.8 Å². The minimum atomic E-state index is -4.26. The van der Waals surface area contributed by atoms with Gasteiger partial charge in [0.2, 0.25) is 11.7 Å². The van der Waals surface area contributed by atoms with Crippen molar-refractivity contribution in [3.05, 3.63) is 23.8 Å². The van der Waals surface area contributed by atoms with Gasteiger partial charge in [-0.25, -0.2) is 8.78 Å². The maximum Gasteiger partial charge on any atom is 0.320 e. The first-order valence-electron chi connectivity index (χ1n) is 2.79. The Morgan fingerprint density at radius 2 is 1.00 bits per heavy atom. The van der Waals surface area contributed by atoms with E-state index in [1.54, 1.807) is 0 Å². The molecule has 68 valence electrons. The molecular formula is C6H2F6. The van der Waals surface area contributed by atoms with Gasteiger partial charge in [-0.2, -0.15) is 17.6 Å². The molecule has 0 heterocycles. The van der Waals surface area contributed by atoms with Crippen molar-refractivity contribution in [1.82, 2.24) is 0 Å². The molecule has 0 atom stereocenters. The summed E-state index contributed by atoms with van der Waals surface area (Å²) in [5.41, 5.74) is 0. The van der Waals surface area contributed by atoms with Gasteiger partial charge in [0.15, 0.2) is 0 Å². The van der Waals surface area contributed by atoms with Crippen LogP contribution in [-0.2, 0) is 0 Å². The Bertz CT molecular complexity index is 235. The minimum Gasteiger partial charge on any atom is -0.202 e. The first kappa shape index (κ1) is 9.15. The van der Waals surface area contributed by atoms with Crippen molar-refractivity contribution in [3.63, 3.8) is 0 Å². The molecule has 0 N–H and O–H groups in total. The van der Waals surface area contributed by atoms with Gasteiger partial charge in [-0.05, 0) is 12.2 Å². The van der Waals surface area contributed by atoms with Crippen LogP contribution in [0.1, 0.15) is 0 Å². The van der Waals surface area contributed by atoms with Crippen LogP contribution in [0.4, 0.5) is 26.3 Å². The van der Waals surface area contributed by atoms with Gasteiger partial charge >= 0.3 is 11.8 Å². The van der Waals surface area contributed by atoms with E-state index in [-0.39, 0.29) is 12.2 Å². The van der Waals surface area contributed by atoms with Crippen LogP contribution < -0.4 is 0 Å². The quantitative estimate of drug-likeness (QED) is 0.405. The van der Waals surface area contributed by atoms with Crippen molar-refractivity contribution in [2.24, 2.45) is 0 Å². The first-order chi connectivity index (χ1) is 5.27. The average Bonchev–Trinajstić information content (AvgIpc) is 1.96. The summed E-state index contributed by atoms with van der Waals surface area (Å²) in [5, 5.41) is 0. The lowest BCUT2D eigenvalue weighted by Gasteiger charge is -2.19. The standard InChI is InChI=1S/C6H2F6/c7-3-4(8)6(11,12)2-1-5(3,9)10/h1-2H. The average molecular weight is 188 g/mol. The molecule has 0 saturated heterocycles. The number of hydrogen-bond donors (Lipinski definition) is 0.